The van der Waals surface area contributed by atoms with Crippen LogP contribution < -0.4 is 15.8 Å². The van der Waals surface area contributed by atoms with E-state index < -0.39 is 0 Å². The zero-order chi connectivity index (χ0) is 22.4. The summed E-state index contributed by atoms with van der Waals surface area (Å²) in [6, 6.07) is 9.47. The summed E-state index contributed by atoms with van der Waals surface area (Å²) in [6.07, 6.45) is 3.05. The summed E-state index contributed by atoms with van der Waals surface area (Å²) < 4.78 is 1.93. The fourth-order valence-corrected chi connectivity index (χ4v) is 5.38. The molecule has 0 aliphatic carbocycles. The molecule has 8 heteroatoms. The van der Waals surface area contributed by atoms with Crippen LogP contribution in [-0.2, 0) is 16.1 Å². The van der Waals surface area contributed by atoms with E-state index in [9.17, 15) is 14.4 Å². The summed E-state index contributed by atoms with van der Waals surface area (Å²) in [5.41, 5.74) is 1.84. The number of likely N-dealkylation sites (tertiary alicyclic amines) is 1. The minimum Gasteiger partial charge on any atom is -0.356 e. The molecule has 8 nitrogen and oxygen atoms in total. The number of hydrogen-bond donors (Lipinski definition) is 1. The molecule has 168 valence electrons. The molecule has 2 aromatic heterocycles. The van der Waals surface area contributed by atoms with E-state index in [1.54, 1.807) is 17.2 Å². The fraction of sp³-hybridized carbons (Fsp3) is 0.500. The third kappa shape index (κ3) is 3.78. The van der Waals surface area contributed by atoms with Gasteiger partial charge in [0.05, 0.1) is 17.8 Å². The smallest absolute Gasteiger partial charge is 0.250 e. The van der Waals surface area contributed by atoms with Gasteiger partial charge in [0.25, 0.3) is 5.56 Å². The average molecular weight is 436 g/mol. The van der Waals surface area contributed by atoms with Crippen LogP contribution in [-0.4, -0.2) is 51.9 Å². The van der Waals surface area contributed by atoms with Gasteiger partial charge in [-0.1, -0.05) is 6.07 Å². The Kier molecular flexibility index (Phi) is 5.23. The minimum atomic E-state index is -0.325. The predicted octanol–water partition coefficient (Wildman–Crippen LogP) is 2.06. The molecule has 2 amide bonds. The van der Waals surface area contributed by atoms with Crippen molar-refractivity contribution in [2.24, 2.45) is 11.8 Å². The average Bonchev–Trinajstić information content (AvgIpc) is 3.17. The zero-order valence-corrected chi connectivity index (χ0v) is 18.5. The Morgan fingerprint density at radius 2 is 1.94 bits per heavy atom. The molecule has 5 heterocycles. The first-order chi connectivity index (χ1) is 15.4. The van der Waals surface area contributed by atoms with E-state index in [1.165, 1.54) is 0 Å². The number of carbonyl (C=O) groups is 2. The van der Waals surface area contributed by atoms with Crippen molar-refractivity contribution >= 4 is 23.3 Å². The molecule has 3 atom stereocenters. The van der Waals surface area contributed by atoms with Crippen LogP contribution in [0.25, 0.3) is 0 Å². The number of rotatable bonds is 4. The lowest BCUT2D eigenvalue weighted by molar-refractivity contribution is -0.129. The molecule has 0 aromatic carbocycles. The highest BCUT2D eigenvalue weighted by Crippen LogP contribution is 2.36. The molecule has 0 radical (unpaired) electrons. The summed E-state index contributed by atoms with van der Waals surface area (Å²) in [6.45, 7) is 6.84. The maximum Gasteiger partial charge on any atom is 0.250 e. The second kappa shape index (κ2) is 8.07. The van der Waals surface area contributed by atoms with Crippen molar-refractivity contribution in [2.45, 2.75) is 45.2 Å². The van der Waals surface area contributed by atoms with Gasteiger partial charge in [0.15, 0.2) is 0 Å². The standard InChI is InChI=1S/C24H29N5O3/c1-15(2)28-14-18(9-23(28)31)24(32)26-19-6-7-21(25-10-19)27-11-16-8-17(13-27)20-4-3-5-22(30)29(20)12-16/h3-7,10,15-18H,8-9,11-14H2,1-2H3,(H,26,32)/t16-,17+,18?/m1/s1. The Morgan fingerprint density at radius 1 is 1.09 bits per heavy atom. The second-order valence-corrected chi connectivity index (χ2v) is 9.54. The summed E-state index contributed by atoms with van der Waals surface area (Å²) in [5.74, 6) is 1.20. The van der Waals surface area contributed by atoms with Crippen molar-refractivity contribution in [3.05, 3.63) is 52.6 Å². The van der Waals surface area contributed by atoms with Gasteiger partial charge in [-0.05, 0) is 44.4 Å². The van der Waals surface area contributed by atoms with Crippen molar-refractivity contribution in [1.82, 2.24) is 14.5 Å². The highest BCUT2D eigenvalue weighted by Gasteiger charge is 2.36. The van der Waals surface area contributed by atoms with Crippen LogP contribution in [0.4, 0.5) is 11.5 Å². The summed E-state index contributed by atoms with van der Waals surface area (Å²) in [5, 5.41) is 2.92. The van der Waals surface area contributed by atoms with Crippen LogP contribution in [0.1, 0.15) is 38.3 Å². The highest BCUT2D eigenvalue weighted by molar-refractivity contribution is 5.97. The maximum atomic E-state index is 12.6. The Morgan fingerprint density at radius 3 is 2.66 bits per heavy atom. The van der Waals surface area contributed by atoms with Gasteiger partial charge in [0.1, 0.15) is 5.82 Å². The van der Waals surface area contributed by atoms with Crippen molar-refractivity contribution in [3.63, 3.8) is 0 Å². The molecule has 2 fully saturated rings. The van der Waals surface area contributed by atoms with Gasteiger partial charge in [-0.2, -0.15) is 0 Å². The van der Waals surface area contributed by atoms with Gasteiger partial charge in [-0.25, -0.2) is 4.98 Å². The second-order valence-electron chi connectivity index (χ2n) is 9.54. The summed E-state index contributed by atoms with van der Waals surface area (Å²) >= 11 is 0. The molecule has 2 aromatic rings. The van der Waals surface area contributed by atoms with Crippen LogP contribution >= 0.6 is 0 Å². The van der Waals surface area contributed by atoms with Gasteiger partial charge in [-0.15, -0.1) is 0 Å². The normalized spacial score (nSPS) is 24.6. The number of pyridine rings is 2. The number of fused-ring (bicyclic) bond motifs is 4. The number of anilines is 2. The summed E-state index contributed by atoms with van der Waals surface area (Å²) in [7, 11) is 0. The van der Waals surface area contributed by atoms with Gasteiger partial charge < -0.3 is 19.7 Å². The third-order valence-corrected chi connectivity index (χ3v) is 6.97. The summed E-state index contributed by atoms with van der Waals surface area (Å²) in [4.78, 5) is 45.6. The number of hydrogen-bond acceptors (Lipinski definition) is 5. The van der Waals surface area contributed by atoms with E-state index in [1.807, 2.05) is 36.6 Å². The van der Waals surface area contributed by atoms with Gasteiger partial charge in [-0.3, -0.25) is 14.4 Å². The predicted molar refractivity (Wildman–Crippen MR) is 122 cm³/mol. The number of amides is 2. The highest BCUT2D eigenvalue weighted by atomic mass is 16.2. The largest absolute Gasteiger partial charge is 0.356 e. The lowest BCUT2D eigenvalue weighted by Crippen LogP contribution is -2.47. The number of nitrogens with zero attached hydrogens (tertiary/aromatic N) is 4. The van der Waals surface area contributed by atoms with E-state index in [0.717, 1.165) is 37.6 Å². The maximum absolute atomic E-state index is 12.6. The number of aromatic nitrogens is 2. The van der Waals surface area contributed by atoms with Gasteiger partial charge in [0.2, 0.25) is 11.8 Å². The van der Waals surface area contributed by atoms with Gasteiger partial charge in [0, 0.05) is 56.3 Å². The molecular formula is C24H29N5O3. The fourth-order valence-electron chi connectivity index (χ4n) is 5.38. The van der Waals surface area contributed by atoms with Crippen LogP contribution in [0, 0.1) is 11.8 Å². The molecule has 0 spiro atoms. The molecule has 2 bridgehead atoms. The molecular weight excluding hydrogens is 406 g/mol. The van der Waals surface area contributed by atoms with Crippen molar-refractivity contribution in [3.8, 4) is 0 Å². The van der Waals surface area contributed by atoms with Crippen molar-refractivity contribution in [2.75, 3.05) is 29.9 Å². The first-order valence-corrected chi connectivity index (χ1v) is 11.4. The van der Waals surface area contributed by atoms with Crippen LogP contribution in [0.15, 0.2) is 41.3 Å². The van der Waals surface area contributed by atoms with E-state index >= 15 is 0 Å². The molecule has 0 saturated carbocycles. The number of nitrogens with one attached hydrogen (secondary N) is 1. The lowest BCUT2D eigenvalue weighted by atomic mass is 9.83. The molecule has 5 rings (SSSR count). The lowest BCUT2D eigenvalue weighted by Gasteiger charge is -2.43. The van der Waals surface area contributed by atoms with Crippen LogP contribution in [0.5, 0.6) is 0 Å². The van der Waals surface area contributed by atoms with E-state index in [2.05, 4.69) is 21.3 Å². The molecule has 2 saturated heterocycles. The first-order valence-electron chi connectivity index (χ1n) is 11.4. The molecule has 32 heavy (non-hydrogen) atoms. The van der Waals surface area contributed by atoms with Crippen molar-refractivity contribution < 1.29 is 9.59 Å². The van der Waals surface area contributed by atoms with Crippen LogP contribution in [0.2, 0.25) is 0 Å². The quantitative estimate of drug-likeness (QED) is 0.794. The monoisotopic (exact) mass is 435 g/mol. The van der Waals surface area contributed by atoms with Crippen LogP contribution in [0.3, 0.4) is 0 Å². The topological polar surface area (TPSA) is 87.5 Å². The molecule has 3 aliphatic rings. The molecule has 1 N–H and O–H groups in total. The Bertz CT molecular complexity index is 1090. The molecule has 3 aliphatic heterocycles. The third-order valence-electron chi connectivity index (χ3n) is 6.97. The Balaban J connectivity index is 1.24. The zero-order valence-electron chi connectivity index (χ0n) is 18.5. The van der Waals surface area contributed by atoms with Crippen molar-refractivity contribution in [1.29, 1.82) is 0 Å². The van der Waals surface area contributed by atoms with Gasteiger partial charge >= 0.3 is 0 Å². The van der Waals surface area contributed by atoms with E-state index in [4.69, 9.17) is 0 Å². The number of piperidine rings is 1. The van der Waals surface area contributed by atoms with E-state index in [0.29, 0.717) is 24.1 Å². The number of carbonyl (C=O) groups excluding carboxylic acids is 2. The van der Waals surface area contributed by atoms with E-state index in [-0.39, 0.29) is 35.8 Å². The minimum absolute atomic E-state index is 0.0353. The molecule has 1 unspecified atom stereocenters. The Hall–Kier alpha value is -3.16. The SMILES string of the molecule is CC(C)N1CC(C(=O)Nc2ccc(N3C[C@H]4C[C@@H](C3)c3cccc(=O)n3C4)nc2)CC1=O. The Labute approximate surface area is 187 Å². The first kappa shape index (κ1) is 20.7.